The van der Waals surface area contributed by atoms with E-state index in [0.717, 1.165) is 18.2 Å². The van der Waals surface area contributed by atoms with Crippen molar-refractivity contribution in [3.8, 4) is 0 Å². The Balaban J connectivity index is 1.87. The Bertz CT molecular complexity index is 1370. The Morgan fingerprint density at radius 1 is 1.26 bits per heavy atom. The standard InChI is InChI=1S/C21H18BrClF2N4O4S/c1-21(11-30,8-12-3-6-17(23)26-9-12)28-34(32,33)16-10-29(2)19(18(16)22)20(31)27-13-4-5-14(24)15(25)7-13/h3-7,9-11,28H,8H2,1-2H3,(H,27,31). The zero-order valence-electron chi connectivity index (χ0n) is 17.8. The van der Waals surface area contributed by atoms with Crippen LogP contribution < -0.4 is 10.0 Å². The van der Waals surface area contributed by atoms with Gasteiger partial charge in [0, 0.05) is 31.2 Å². The number of carbonyl (C=O) groups is 2. The molecule has 0 saturated carbocycles. The number of aromatic nitrogens is 2. The van der Waals surface area contributed by atoms with E-state index < -0.39 is 33.1 Å². The first-order chi connectivity index (χ1) is 15.8. The number of aryl methyl sites for hydroxylation is 1. The molecule has 0 bridgehead atoms. The number of amides is 1. The Labute approximate surface area is 207 Å². The van der Waals surface area contributed by atoms with Gasteiger partial charge in [0.2, 0.25) is 10.0 Å². The first-order valence-electron chi connectivity index (χ1n) is 9.57. The van der Waals surface area contributed by atoms with Crippen LogP contribution in [0.3, 0.4) is 0 Å². The Kier molecular flexibility index (Phi) is 7.56. The minimum absolute atomic E-state index is 0.00613. The zero-order valence-corrected chi connectivity index (χ0v) is 20.9. The fraction of sp³-hybridized carbons (Fsp3) is 0.190. The maximum atomic E-state index is 13.5. The molecular formula is C21H18BrClF2N4O4S. The van der Waals surface area contributed by atoms with Gasteiger partial charge in [-0.3, -0.25) is 4.79 Å². The predicted molar refractivity (Wildman–Crippen MR) is 125 cm³/mol. The quantitative estimate of drug-likeness (QED) is 0.313. The van der Waals surface area contributed by atoms with Gasteiger partial charge >= 0.3 is 0 Å². The number of halogens is 4. The Hall–Kier alpha value is -2.67. The van der Waals surface area contributed by atoms with Gasteiger partial charge in [-0.2, -0.15) is 4.72 Å². The molecule has 1 atom stereocenters. The number of pyridine rings is 1. The van der Waals surface area contributed by atoms with Crippen LogP contribution in [0.25, 0.3) is 0 Å². The van der Waals surface area contributed by atoms with E-state index in [1.165, 1.54) is 37.0 Å². The van der Waals surface area contributed by atoms with Crippen molar-refractivity contribution in [1.82, 2.24) is 14.3 Å². The molecule has 0 spiro atoms. The lowest BCUT2D eigenvalue weighted by Gasteiger charge is -2.24. The van der Waals surface area contributed by atoms with Crippen LogP contribution in [-0.4, -0.2) is 35.7 Å². The minimum atomic E-state index is -4.29. The summed E-state index contributed by atoms with van der Waals surface area (Å²) in [6.45, 7) is 1.40. The van der Waals surface area contributed by atoms with Crippen LogP contribution in [0.5, 0.6) is 0 Å². The zero-order chi connectivity index (χ0) is 25.3. The molecule has 1 aromatic carbocycles. The molecular weight excluding hydrogens is 558 g/mol. The van der Waals surface area contributed by atoms with E-state index in [4.69, 9.17) is 11.6 Å². The summed E-state index contributed by atoms with van der Waals surface area (Å²) in [4.78, 5) is 28.2. The molecule has 2 heterocycles. The van der Waals surface area contributed by atoms with E-state index in [2.05, 4.69) is 31.0 Å². The summed E-state index contributed by atoms with van der Waals surface area (Å²) in [5, 5.41) is 2.63. The van der Waals surface area contributed by atoms with E-state index in [1.54, 1.807) is 6.07 Å². The molecule has 180 valence electrons. The topological polar surface area (TPSA) is 110 Å². The maximum Gasteiger partial charge on any atom is 0.273 e. The molecule has 0 aliphatic carbocycles. The molecule has 2 aromatic heterocycles. The van der Waals surface area contributed by atoms with Gasteiger partial charge in [0.25, 0.3) is 5.91 Å². The average Bonchev–Trinajstić information content (AvgIpc) is 3.07. The van der Waals surface area contributed by atoms with Gasteiger partial charge in [0.15, 0.2) is 11.6 Å². The van der Waals surface area contributed by atoms with Crippen molar-refractivity contribution in [2.24, 2.45) is 7.05 Å². The lowest BCUT2D eigenvalue weighted by atomic mass is 9.97. The molecule has 0 aliphatic rings. The summed E-state index contributed by atoms with van der Waals surface area (Å²) in [7, 11) is -2.86. The van der Waals surface area contributed by atoms with Gasteiger partial charge in [-0.15, -0.1) is 0 Å². The number of hydrogen-bond donors (Lipinski definition) is 2. The molecule has 34 heavy (non-hydrogen) atoms. The largest absolute Gasteiger partial charge is 0.344 e. The lowest BCUT2D eigenvalue weighted by molar-refractivity contribution is -0.112. The van der Waals surface area contributed by atoms with Crippen LogP contribution in [0, 0.1) is 11.6 Å². The molecule has 0 fully saturated rings. The van der Waals surface area contributed by atoms with Gasteiger partial charge < -0.3 is 14.7 Å². The number of nitrogens with one attached hydrogen (secondary N) is 2. The van der Waals surface area contributed by atoms with Gasteiger partial charge in [-0.25, -0.2) is 22.2 Å². The molecule has 2 N–H and O–H groups in total. The first-order valence-corrected chi connectivity index (χ1v) is 12.2. The molecule has 0 aliphatic heterocycles. The maximum absolute atomic E-state index is 13.5. The van der Waals surface area contributed by atoms with Crippen LogP contribution >= 0.6 is 27.5 Å². The fourth-order valence-electron chi connectivity index (χ4n) is 3.18. The number of sulfonamides is 1. The summed E-state index contributed by atoms with van der Waals surface area (Å²) in [5.74, 6) is -3.00. The van der Waals surface area contributed by atoms with Crippen LogP contribution in [0.4, 0.5) is 14.5 Å². The SMILES string of the molecule is Cn1cc(S(=O)(=O)NC(C)(C=O)Cc2ccc(Cl)nc2)c(Br)c1C(=O)Nc1ccc(F)c(F)c1. The normalized spacial score (nSPS) is 13.4. The van der Waals surface area contributed by atoms with Crippen molar-refractivity contribution in [1.29, 1.82) is 0 Å². The highest BCUT2D eigenvalue weighted by molar-refractivity contribution is 9.10. The first kappa shape index (κ1) is 25.9. The van der Waals surface area contributed by atoms with Crippen LogP contribution in [0.15, 0.2) is 52.1 Å². The number of rotatable bonds is 8. The number of aldehydes is 1. The van der Waals surface area contributed by atoms with Gasteiger partial charge in [0.1, 0.15) is 22.0 Å². The average molecular weight is 576 g/mol. The molecule has 13 heteroatoms. The third-order valence-corrected chi connectivity index (χ3v) is 7.67. The van der Waals surface area contributed by atoms with Crippen LogP contribution in [0.1, 0.15) is 23.0 Å². The van der Waals surface area contributed by atoms with E-state index in [0.29, 0.717) is 11.8 Å². The van der Waals surface area contributed by atoms with Crippen molar-refractivity contribution in [2.45, 2.75) is 23.8 Å². The molecule has 8 nitrogen and oxygen atoms in total. The second-order valence-corrected chi connectivity index (χ2v) is 10.5. The third-order valence-electron chi connectivity index (χ3n) is 4.76. The summed E-state index contributed by atoms with van der Waals surface area (Å²) in [6, 6.07) is 5.94. The molecule has 0 saturated heterocycles. The van der Waals surface area contributed by atoms with Crippen molar-refractivity contribution < 1.29 is 26.8 Å². The van der Waals surface area contributed by atoms with E-state index >= 15 is 0 Å². The van der Waals surface area contributed by atoms with Crippen molar-refractivity contribution in [3.63, 3.8) is 0 Å². The summed E-state index contributed by atoms with van der Waals surface area (Å²) in [6.07, 6.45) is 3.07. The van der Waals surface area contributed by atoms with E-state index in [9.17, 15) is 26.8 Å². The number of nitrogens with zero attached hydrogens (tertiary/aromatic N) is 2. The van der Waals surface area contributed by atoms with Gasteiger partial charge in [0.05, 0.1) is 10.0 Å². The van der Waals surface area contributed by atoms with Crippen LogP contribution in [-0.2, 0) is 28.3 Å². The summed E-state index contributed by atoms with van der Waals surface area (Å²) in [5.41, 5.74) is -1.08. The number of benzene rings is 1. The van der Waals surface area contributed by atoms with E-state index in [1.807, 2.05) is 0 Å². The molecule has 0 radical (unpaired) electrons. The highest BCUT2D eigenvalue weighted by atomic mass is 79.9. The number of anilines is 1. The van der Waals surface area contributed by atoms with Crippen LogP contribution in [0.2, 0.25) is 5.15 Å². The molecule has 3 aromatic rings. The minimum Gasteiger partial charge on any atom is -0.344 e. The van der Waals surface area contributed by atoms with Gasteiger partial charge in [-0.05, 0) is 53.0 Å². The second-order valence-electron chi connectivity index (χ2n) is 7.66. The Morgan fingerprint density at radius 3 is 2.56 bits per heavy atom. The number of hydrogen-bond acceptors (Lipinski definition) is 5. The van der Waals surface area contributed by atoms with Crippen molar-refractivity contribution in [2.75, 3.05) is 5.32 Å². The monoisotopic (exact) mass is 574 g/mol. The summed E-state index contributed by atoms with van der Waals surface area (Å²) < 4.78 is 56.4. The highest BCUT2D eigenvalue weighted by Gasteiger charge is 2.34. The highest BCUT2D eigenvalue weighted by Crippen LogP contribution is 2.29. The van der Waals surface area contributed by atoms with Crippen molar-refractivity contribution >= 4 is 55.4 Å². The second kappa shape index (κ2) is 9.90. The lowest BCUT2D eigenvalue weighted by Crippen LogP contribution is -2.49. The smallest absolute Gasteiger partial charge is 0.273 e. The third kappa shape index (κ3) is 5.69. The summed E-state index contributed by atoms with van der Waals surface area (Å²) >= 11 is 8.90. The molecule has 1 unspecified atom stereocenters. The Morgan fingerprint density at radius 2 is 1.97 bits per heavy atom. The van der Waals surface area contributed by atoms with Crippen molar-refractivity contribution in [3.05, 3.63) is 75.2 Å². The van der Waals surface area contributed by atoms with E-state index in [-0.39, 0.29) is 32.3 Å². The molecule has 1 amide bonds. The number of carbonyl (C=O) groups excluding carboxylic acids is 2. The predicted octanol–water partition coefficient (Wildman–Crippen LogP) is 3.85. The fourth-order valence-corrected chi connectivity index (χ4v) is 5.97. The molecule has 3 rings (SSSR count). The van der Waals surface area contributed by atoms with Gasteiger partial charge in [-0.1, -0.05) is 17.7 Å².